The average molecular weight is 506 g/mol. The highest BCUT2D eigenvalue weighted by atomic mass is 32.2. The van der Waals surface area contributed by atoms with Gasteiger partial charge in [-0.1, -0.05) is 42.5 Å². The molecule has 1 heterocycles. The highest BCUT2D eigenvalue weighted by Crippen LogP contribution is 2.32. The van der Waals surface area contributed by atoms with E-state index < -0.39 is 14.9 Å². The Labute approximate surface area is 208 Å². The molecular weight excluding hydrogens is 482 g/mol. The molecule has 0 amide bonds. The summed E-state index contributed by atoms with van der Waals surface area (Å²) in [5.74, 6) is 0.941. The second kappa shape index (κ2) is 10.4. The number of hydrogen-bond acceptors (Lipinski definition) is 8. The Hall–Kier alpha value is -4.51. The van der Waals surface area contributed by atoms with E-state index in [1.807, 2.05) is 55.5 Å². The minimum Gasteiger partial charge on any atom is -0.496 e. The maximum Gasteiger partial charge on any atom is 0.269 e. The summed E-state index contributed by atoms with van der Waals surface area (Å²) in [6.07, 6.45) is 1.42. The molecule has 0 bridgehead atoms. The van der Waals surface area contributed by atoms with Crippen LogP contribution in [0.3, 0.4) is 0 Å². The van der Waals surface area contributed by atoms with E-state index in [4.69, 9.17) is 4.74 Å². The van der Waals surface area contributed by atoms with Gasteiger partial charge in [-0.05, 0) is 42.3 Å². The Balaban J connectivity index is 1.51. The van der Waals surface area contributed by atoms with Crippen LogP contribution in [-0.4, -0.2) is 30.4 Å². The molecule has 0 saturated carbocycles. The van der Waals surface area contributed by atoms with E-state index in [0.29, 0.717) is 5.75 Å². The smallest absolute Gasteiger partial charge is 0.269 e. The van der Waals surface area contributed by atoms with Gasteiger partial charge in [-0.3, -0.25) is 14.8 Å². The van der Waals surface area contributed by atoms with Crippen LogP contribution in [0.1, 0.15) is 18.5 Å². The summed E-state index contributed by atoms with van der Waals surface area (Å²) in [7, 11) is -2.40. The number of sulfonamides is 1. The van der Waals surface area contributed by atoms with E-state index in [2.05, 4.69) is 20.0 Å². The van der Waals surface area contributed by atoms with Crippen LogP contribution in [0.15, 0.2) is 90.0 Å². The zero-order chi connectivity index (χ0) is 25.7. The van der Waals surface area contributed by atoms with E-state index >= 15 is 0 Å². The van der Waals surface area contributed by atoms with Gasteiger partial charge >= 0.3 is 0 Å². The molecule has 0 radical (unpaired) electrons. The van der Waals surface area contributed by atoms with Crippen LogP contribution >= 0.6 is 0 Å². The van der Waals surface area contributed by atoms with Crippen LogP contribution in [0.4, 0.5) is 17.5 Å². The number of non-ortho nitro benzene ring substituents is 1. The molecule has 1 atom stereocenters. The fraction of sp³-hybridized carbons (Fsp3) is 0.120. The third-order valence-corrected chi connectivity index (χ3v) is 6.78. The van der Waals surface area contributed by atoms with Crippen molar-refractivity contribution in [1.29, 1.82) is 0 Å². The largest absolute Gasteiger partial charge is 0.496 e. The summed E-state index contributed by atoms with van der Waals surface area (Å²) >= 11 is 0. The lowest BCUT2D eigenvalue weighted by molar-refractivity contribution is -0.384. The number of nitrogens with zero attached hydrogens (tertiary/aromatic N) is 3. The Morgan fingerprint density at radius 2 is 1.69 bits per heavy atom. The van der Waals surface area contributed by atoms with Gasteiger partial charge < -0.3 is 10.1 Å². The van der Waals surface area contributed by atoms with Crippen molar-refractivity contribution in [3.05, 3.63) is 101 Å². The van der Waals surface area contributed by atoms with Gasteiger partial charge in [0.05, 0.1) is 23.0 Å². The fourth-order valence-corrected chi connectivity index (χ4v) is 4.58. The van der Waals surface area contributed by atoms with Crippen molar-refractivity contribution in [3.63, 3.8) is 0 Å². The summed E-state index contributed by atoms with van der Waals surface area (Å²) in [6.45, 7) is 1.91. The molecule has 4 rings (SSSR count). The zero-order valence-corrected chi connectivity index (χ0v) is 20.3. The Bertz CT molecular complexity index is 1480. The molecule has 10 nitrogen and oxygen atoms in total. The lowest BCUT2D eigenvalue weighted by Crippen LogP contribution is -2.16. The molecular formula is C25H23N5O5S. The molecule has 2 N–H and O–H groups in total. The summed E-state index contributed by atoms with van der Waals surface area (Å²) in [6, 6.07) is 21.6. The highest BCUT2D eigenvalue weighted by molar-refractivity contribution is 7.92. The molecule has 0 spiro atoms. The average Bonchev–Trinajstić information content (AvgIpc) is 2.88. The van der Waals surface area contributed by atoms with Gasteiger partial charge in [0.15, 0.2) is 0 Å². The molecule has 36 heavy (non-hydrogen) atoms. The number of aromatic nitrogens is 2. The normalized spacial score (nSPS) is 11.9. The Morgan fingerprint density at radius 1 is 0.972 bits per heavy atom. The monoisotopic (exact) mass is 505 g/mol. The van der Waals surface area contributed by atoms with Crippen molar-refractivity contribution in [2.75, 3.05) is 17.1 Å². The molecule has 0 aliphatic carbocycles. The number of nitro groups is 1. The Kier molecular flexibility index (Phi) is 7.11. The van der Waals surface area contributed by atoms with E-state index in [0.717, 1.165) is 41.0 Å². The molecule has 184 valence electrons. The standard InChI is InChI=1S/C25H23N5O5S/c1-17(22-13-8-19(16-23(22)35-2)18-6-4-3-5-7-18)27-25-26-15-14-24(28-25)29-36(33,34)21-11-9-20(10-12-21)30(31)32/h3-17H,1-2H3,(H2,26,27,28,29). The van der Waals surface area contributed by atoms with Crippen LogP contribution in [0.5, 0.6) is 5.75 Å². The number of methoxy groups -OCH3 is 1. The quantitative estimate of drug-likeness (QED) is 0.239. The van der Waals surface area contributed by atoms with Crippen LogP contribution in [-0.2, 0) is 10.0 Å². The van der Waals surface area contributed by atoms with Crippen LogP contribution in [0.2, 0.25) is 0 Å². The van der Waals surface area contributed by atoms with Crippen LogP contribution in [0, 0.1) is 10.1 Å². The van der Waals surface area contributed by atoms with Crippen molar-refractivity contribution in [3.8, 4) is 16.9 Å². The second-order valence-electron chi connectivity index (χ2n) is 7.81. The zero-order valence-electron chi connectivity index (χ0n) is 19.5. The van der Waals surface area contributed by atoms with E-state index in [1.165, 1.54) is 12.3 Å². The number of hydrogen-bond donors (Lipinski definition) is 2. The minimum absolute atomic E-state index is 0.0458. The highest BCUT2D eigenvalue weighted by Gasteiger charge is 2.18. The second-order valence-corrected chi connectivity index (χ2v) is 9.49. The fourth-order valence-electron chi connectivity index (χ4n) is 3.58. The first-order valence-corrected chi connectivity index (χ1v) is 12.4. The number of benzene rings is 3. The van der Waals surface area contributed by atoms with Gasteiger partial charge in [0.1, 0.15) is 11.6 Å². The first-order valence-electron chi connectivity index (χ1n) is 10.9. The summed E-state index contributed by atoms with van der Waals surface area (Å²) in [5.41, 5.74) is 2.75. The Morgan fingerprint density at radius 3 is 2.36 bits per heavy atom. The van der Waals surface area contributed by atoms with Gasteiger partial charge in [0.2, 0.25) is 5.95 Å². The SMILES string of the molecule is COc1cc(-c2ccccc2)ccc1C(C)Nc1nccc(NS(=O)(=O)c2ccc([N+](=O)[O-])cc2)n1. The summed E-state index contributed by atoms with van der Waals surface area (Å²) in [4.78, 5) is 18.5. The number of ether oxygens (including phenoxy) is 1. The molecule has 4 aromatic rings. The maximum atomic E-state index is 12.7. The third kappa shape index (κ3) is 5.58. The van der Waals surface area contributed by atoms with Crippen LogP contribution < -0.4 is 14.8 Å². The molecule has 0 aliphatic heterocycles. The first kappa shape index (κ1) is 24.6. The molecule has 1 aromatic heterocycles. The number of rotatable bonds is 9. The van der Waals surface area contributed by atoms with Crippen molar-refractivity contribution < 1.29 is 18.1 Å². The molecule has 0 saturated heterocycles. The van der Waals surface area contributed by atoms with E-state index in [1.54, 1.807) is 7.11 Å². The third-order valence-electron chi connectivity index (χ3n) is 5.41. The number of nitrogens with one attached hydrogen (secondary N) is 2. The first-order chi connectivity index (χ1) is 17.3. The predicted molar refractivity (Wildman–Crippen MR) is 136 cm³/mol. The topological polar surface area (TPSA) is 136 Å². The lowest BCUT2D eigenvalue weighted by Gasteiger charge is -2.18. The van der Waals surface area contributed by atoms with Gasteiger partial charge in [0, 0.05) is 23.9 Å². The predicted octanol–water partition coefficient (Wildman–Crippen LogP) is 5.03. The van der Waals surface area contributed by atoms with Crippen LogP contribution in [0.25, 0.3) is 11.1 Å². The van der Waals surface area contributed by atoms with Gasteiger partial charge in [-0.2, -0.15) is 4.98 Å². The van der Waals surface area contributed by atoms with Crippen molar-refractivity contribution >= 4 is 27.5 Å². The molecule has 0 aliphatic rings. The van der Waals surface area contributed by atoms with Gasteiger partial charge in [-0.15, -0.1) is 0 Å². The van der Waals surface area contributed by atoms with Crippen molar-refractivity contribution in [2.24, 2.45) is 0 Å². The maximum absolute atomic E-state index is 12.7. The summed E-state index contributed by atoms with van der Waals surface area (Å²) in [5, 5.41) is 14.0. The number of anilines is 2. The van der Waals surface area contributed by atoms with Gasteiger partial charge in [0.25, 0.3) is 15.7 Å². The van der Waals surface area contributed by atoms with Crippen molar-refractivity contribution in [1.82, 2.24) is 9.97 Å². The number of nitro benzene ring substituents is 1. The summed E-state index contributed by atoms with van der Waals surface area (Å²) < 4.78 is 33.4. The van der Waals surface area contributed by atoms with Crippen molar-refractivity contribution in [2.45, 2.75) is 17.9 Å². The lowest BCUT2D eigenvalue weighted by atomic mass is 10.00. The molecule has 11 heteroatoms. The molecule has 1 unspecified atom stereocenters. The van der Waals surface area contributed by atoms with E-state index in [9.17, 15) is 18.5 Å². The van der Waals surface area contributed by atoms with E-state index in [-0.39, 0.29) is 28.4 Å². The molecule has 0 fully saturated rings. The minimum atomic E-state index is -4.01. The van der Waals surface area contributed by atoms with Gasteiger partial charge in [-0.25, -0.2) is 13.4 Å². The molecule has 3 aromatic carbocycles.